The van der Waals surface area contributed by atoms with Gasteiger partial charge < -0.3 is 16.0 Å². The van der Waals surface area contributed by atoms with Crippen LogP contribution >= 0.6 is 0 Å². The van der Waals surface area contributed by atoms with Crippen molar-refractivity contribution in [2.75, 3.05) is 19.6 Å². The van der Waals surface area contributed by atoms with Crippen LogP contribution in [-0.2, 0) is 4.79 Å². The highest BCUT2D eigenvalue weighted by molar-refractivity contribution is 5.80. The molecule has 0 atom stereocenters. The van der Waals surface area contributed by atoms with Gasteiger partial charge in [0, 0.05) is 19.0 Å². The number of carbonyl (C=O) groups is 2. The predicted octanol–water partition coefficient (Wildman–Crippen LogP) is 0.374. The van der Waals surface area contributed by atoms with E-state index < -0.39 is 18.8 Å². The molecule has 8 heteroatoms. The van der Waals surface area contributed by atoms with Gasteiger partial charge in [-0.15, -0.1) is 0 Å². The number of amides is 3. The first-order valence-corrected chi connectivity index (χ1v) is 5.24. The summed E-state index contributed by atoms with van der Waals surface area (Å²) in [6, 6.07) is -0.900. The van der Waals surface area contributed by atoms with Crippen LogP contribution < -0.4 is 16.0 Å². The van der Waals surface area contributed by atoms with Gasteiger partial charge in [-0.25, -0.2) is 4.79 Å². The quantitative estimate of drug-likeness (QED) is 0.620. The zero-order valence-electron chi connectivity index (χ0n) is 9.06. The third-order valence-corrected chi connectivity index (χ3v) is 2.11. The molecular weight excluding hydrogens is 239 g/mol. The average molecular weight is 253 g/mol. The van der Waals surface area contributed by atoms with Gasteiger partial charge in [0.1, 0.15) is 6.54 Å². The summed E-state index contributed by atoms with van der Waals surface area (Å²) in [5, 5.41) is 6.43. The SMILES string of the molecule is O=C(NCCNC(=O)C1CC1)NCC(F)(F)F. The van der Waals surface area contributed by atoms with E-state index in [1.165, 1.54) is 0 Å². The lowest BCUT2D eigenvalue weighted by atomic mass is 10.4. The zero-order valence-corrected chi connectivity index (χ0v) is 9.06. The fraction of sp³-hybridized carbons (Fsp3) is 0.778. The normalized spacial score (nSPS) is 15.2. The van der Waals surface area contributed by atoms with Crippen LogP contribution in [-0.4, -0.2) is 37.7 Å². The summed E-state index contributed by atoms with van der Waals surface area (Å²) >= 11 is 0. The van der Waals surface area contributed by atoms with Crippen molar-refractivity contribution in [3.8, 4) is 0 Å². The van der Waals surface area contributed by atoms with Crippen molar-refractivity contribution in [3.05, 3.63) is 0 Å². The molecular formula is C9H14F3N3O2. The predicted molar refractivity (Wildman–Crippen MR) is 53.2 cm³/mol. The van der Waals surface area contributed by atoms with Gasteiger partial charge in [-0.3, -0.25) is 4.79 Å². The van der Waals surface area contributed by atoms with Crippen molar-refractivity contribution in [1.29, 1.82) is 0 Å². The van der Waals surface area contributed by atoms with Gasteiger partial charge in [-0.1, -0.05) is 0 Å². The summed E-state index contributed by atoms with van der Waals surface area (Å²) in [7, 11) is 0. The van der Waals surface area contributed by atoms with E-state index in [0.717, 1.165) is 12.8 Å². The average Bonchev–Trinajstić information content (AvgIpc) is 3.03. The van der Waals surface area contributed by atoms with Gasteiger partial charge in [0.2, 0.25) is 5.91 Å². The molecule has 0 heterocycles. The van der Waals surface area contributed by atoms with Crippen LogP contribution in [0.3, 0.4) is 0 Å². The van der Waals surface area contributed by atoms with E-state index in [1.54, 1.807) is 5.32 Å². The fourth-order valence-electron chi connectivity index (χ4n) is 1.09. The molecule has 1 rings (SSSR count). The maximum Gasteiger partial charge on any atom is 0.405 e. The van der Waals surface area contributed by atoms with E-state index in [4.69, 9.17) is 0 Å². The molecule has 0 aliphatic heterocycles. The second kappa shape index (κ2) is 5.74. The Labute approximate surface area is 96.1 Å². The molecule has 1 fully saturated rings. The number of nitrogens with one attached hydrogen (secondary N) is 3. The molecule has 1 aliphatic carbocycles. The van der Waals surface area contributed by atoms with Gasteiger partial charge in [0.15, 0.2) is 0 Å². The lowest BCUT2D eigenvalue weighted by Crippen LogP contribution is -2.43. The molecule has 17 heavy (non-hydrogen) atoms. The molecule has 98 valence electrons. The molecule has 3 N–H and O–H groups in total. The number of hydrogen-bond acceptors (Lipinski definition) is 2. The first kappa shape index (κ1) is 13.6. The standard InChI is InChI=1S/C9H14F3N3O2/c10-9(11,12)5-15-8(17)14-4-3-13-7(16)6-1-2-6/h6H,1-5H2,(H,13,16)(H2,14,15,17). The Bertz CT molecular complexity index is 290. The smallest absolute Gasteiger partial charge is 0.354 e. The highest BCUT2D eigenvalue weighted by Gasteiger charge is 2.29. The number of alkyl halides is 3. The maximum atomic E-state index is 11.7. The summed E-state index contributed by atoms with van der Waals surface area (Å²) < 4.78 is 35.1. The molecule has 1 saturated carbocycles. The number of rotatable bonds is 5. The molecule has 5 nitrogen and oxygen atoms in total. The lowest BCUT2D eigenvalue weighted by molar-refractivity contribution is -0.123. The topological polar surface area (TPSA) is 70.2 Å². The number of hydrogen-bond donors (Lipinski definition) is 3. The molecule has 0 saturated heterocycles. The Kier molecular flexibility index (Phi) is 4.59. The van der Waals surface area contributed by atoms with Crippen LogP contribution in [0.2, 0.25) is 0 Å². The first-order chi connectivity index (χ1) is 7.88. The van der Waals surface area contributed by atoms with E-state index in [2.05, 4.69) is 10.6 Å². The summed E-state index contributed by atoms with van der Waals surface area (Å²) in [6.07, 6.45) is -2.66. The number of urea groups is 1. The van der Waals surface area contributed by atoms with E-state index in [0.29, 0.717) is 0 Å². The van der Waals surface area contributed by atoms with E-state index in [1.807, 2.05) is 0 Å². The van der Waals surface area contributed by atoms with E-state index >= 15 is 0 Å². The van der Waals surface area contributed by atoms with Gasteiger partial charge >= 0.3 is 12.2 Å². The van der Waals surface area contributed by atoms with Crippen LogP contribution in [0.4, 0.5) is 18.0 Å². The second-order valence-corrected chi connectivity index (χ2v) is 3.79. The van der Waals surface area contributed by atoms with Gasteiger partial charge in [0.05, 0.1) is 0 Å². The number of halogens is 3. The molecule has 0 unspecified atom stereocenters. The Morgan fingerprint density at radius 1 is 1.06 bits per heavy atom. The van der Waals surface area contributed by atoms with E-state index in [-0.39, 0.29) is 24.9 Å². The molecule has 0 aromatic heterocycles. The molecule has 0 aromatic rings. The van der Waals surface area contributed by atoms with Crippen LogP contribution in [0.15, 0.2) is 0 Å². The van der Waals surface area contributed by atoms with Gasteiger partial charge in [-0.2, -0.15) is 13.2 Å². The van der Waals surface area contributed by atoms with Crippen molar-refractivity contribution in [1.82, 2.24) is 16.0 Å². The van der Waals surface area contributed by atoms with Crippen LogP contribution in [0.5, 0.6) is 0 Å². The molecule has 1 aliphatic rings. The second-order valence-electron chi connectivity index (χ2n) is 3.79. The summed E-state index contributed by atoms with van der Waals surface area (Å²) in [6.45, 7) is -1.05. The zero-order chi connectivity index (χ0) is 12.9. The van der Waals surface area contributed by atoms with Crippen molar-refractivity contribution < 1.29 is 22.8 Å². The highest BCUT2D eigenvalue weighted by atomic mass is 19.4. The lowest BCUT2D eigenvalue weighted by Gasteiger charge is -2.10. The van der Waals surface area contributed by atoms with Crippen LogP contribution in [0.1, 0.15) is 12.8 Å². The van der Waals surface area contributed by atoms with Gasteiger partial charge in [0.25, 0.3) is 0 Å². The monoisotopic (exact) mass is 253 g/mol. The first-order valence-electron chi connectivity index (χ1n) is 5.24. The Morgan fingerprint density at radius 3 is 2.18 bits per heavy atom. The maximum absolute atomic E-state index is 11.7. The van der Waals surface area contributed by atoms with Crippen LogP contribution in [0, 0.1) is 5.92 Å². The third kappa shape index (κ3) is 6.64. The van der Waals surface area contributed by atoms with E-state index in [9.17, 15) is 22.8 Å². The third-order valence-electron chi connectivity index (χ3n) is 2.11. The van der Waals surface area contributed by atoms with Gasteiger partial charge in [-0.05, 0) is 12.8 Å². The summed E-state index contributed by atoms with van der Waals surface area (Å²) in [5.41, 5.74) is 0. The highest BCUT2D eigenvalue weighted by Crippen LogP contribution is 2.28. The summed E-state index contributed by atoms with van der Waals surface area (Å²) in [4.78, 5) is 22.0. The Hall–Kier alpha value is -1.47. The largest absolute Gasteiger partial charge is 0.405 e. The molecule has 0 bridgehead atoms. The van der Waals surface area contributed by atoms with Crippen molar-refractivity contribution in [2.45, 2.75) is 19.0 Å². The van der Waals surface area contributed by atoms with Crippen molar-refractivity contribution in [2.24, 2.45) is 5.92 Å². The Balaban J connectivity index is 1.98. The minimum Gasteiger partial charge on any atom is -0.354 e. The minimum absolute atomic E-state index is 0.0671. The van der Waals surface area contributed by atoms with Crippen molar-refractivity contribution >= 4 is 11.9 Å². The van der Waals surface area contributed by atoms with Crippen molar-refractivity contribution in [3.63, 3.8) is 0 Å². The molecule has 0 radical (unpaired) electrons. The Morgan fingerprint density at radius 2 is 1.65 bits per heavy atom. The molecule has 3 amide bonds. The summed E-state index contributed by atoms with van der Waals surface area (Å²) in [5.74, 6) is 0.0107. The minimum atomic E-state index is -4.42. The fourth-order valence-corrected chi connectivity index (χ4v) is 1.09. The van der Waals surface area contributed by atoms with Crippen LogP contribution in [0.25, 0.3) is 0 Å². The molecule has 0 spiro atoms. The number of carbonyl (C=O) groups excluding carboxylic acids is 2. The molecule has 0 aromatic carbocycles.